The van der Waals surface area contributed by atoms with E-state index >= 15 is 0 Å². The molecule has 0 aliphatic heterocycles. The number of pyridine rings is 1. The second kappa shape index (κ2) is 7.38. The summed E-state index contributed by atoms with van der Waals surface area (Å²) in [6, 6.07) is 24.9. The molecule has 0 radical (unpaired) electrons. The lowest BCUT2D eigenvalue weighted by molar-refractivity contribution is -0.733. The number of nitrogens with zero attached hydrogens (tertiary/aromatic N) is 5. The number of rotatable bonds is 4. The maximum absolute atomic E-state index is 11.9. The Kier molecular flexibility index (Phi) is 4.54. The first-order valence-electron chi connectivity index (χ1n) is 9.38. The molecule has 0 unspecified atom stereocenters. The van der Waals surface area contributed by atoms with Gasteiger partial charge in [-0.3, -0.25) is 9.54 Å². The van der Waals surface area contributed by atoms with Crippen LogP contribution >= 0.6 is 0 Å². The minimum Gasteiger partial charge on any atom is -0.282 e. The van der Waals surface area contributed by atoms with Crippen molar-refractivity contribution >= 4 is 21.0 Å². The van der Waals surface area contributed by atoms with E-state index in [9.17, 15) is 13.0 Å². The molecule has 2 aromatic heterocycles. The van der Waals surface area contributed by atoms with Gasteiger partial charge in [-0.2, -0.15) is 8.42 Å². The molecule has 8 nitrogen and oxygen atoms in total. The molecular weight excluding hydrogens is 414 g/mol. The van der Waals surface area contributed by atoms with Gasteiger partial charge in [0.1, 0.15) is 16.1 Å². The molecule has 5 rings (SSSR count). The summed E-state index contributed by atoms with van der Waals surface area (Å²) in [6.45, 7) is 0. The highest BCUT2D eigenvalue weighted by Gasteiger charge is 2.29. The van der Waals surface area contributed by atoms with E-state index in [0.717, 1.165) is 11.1 Å². The number of hydrogen-bond donors (Lipinski definition) is 1. The van der Waals surface area contributed by atoms with Crippen LogP contribution in [0.2, 0.25) is 0 Å². The highest BCUT2D eigenvalue weighted by atomic mass is 32.2. The van der Waals surface area contributed by atoms with Crippen LogP contribution in [-0.2, 0) is 10.1 Å². The lowest BCUT2D eigenvalue weighted by atomic mass is 10.2. The Balaban J connectivity index is 1.82. The number of fused-ring (bicyclic) bond motifs is 1. The van der Waals surface area contributed by atoms with Crippen LogP contribution in [0.5, 0.6) is 0 Å². The molecule has 152 valence electrons. The van der Waals surface area contributed by atoms with Crippen molar-refractivity contribution in [2.75, 3.05) is 0 Å². The van der Waals surface area contributed by atoms with E-state index in [0.29, 0.717) is 11.2 Å². The lowest BCUT2D eigenvalue weighted by Gasteiger charge is -2.02. The number of aromatic nitrogens is 5. The van der Waals surface area contributed by atoms with Crippen molar-refractivity contribution in [3.63, 3.8) is 0 Å². The SMILES string of the molecule is O=S(=O)(O)c1ccccc1-c1nn(-c2ccccc2)[n+](-c2cccc3cccnc23)n1. The van der Waals surface area contributed by atoms with Gasteiger partial charge in [0.15, 0.2) is 0 Å². The molecule has 0 amide bonds. The second-order valence-corrected chi connectivity index (χ2v) is 8.15. The number of tetrazole rings is 1. The van der Waals surface area contributed by atoms with Crippen molar-refractivity contribution in [2.24, 2.45) is 0 Å². The zero-order valence-corrected chi connectivity index (χ0v) is 16.9. The smallest absolute Gasteiger partial charge is 0.282 e. The second-order valence-electron chi connectivity index (χ2n) is 6.76. The predicted molar refractivity (Wildman–Crippen MR) is 113 cm³/mol. The van der Waals surface area contributed by atoms with Gasteiger partial charge in [-0.25, -0.2) is 0 Å². The summed E-state index contributed by atoms with van der Waals surface area (Å²) < 4.78 is 33.5. The van der Waals surface area contributed by atoms with Gasteiger partial charge in [0.25, 0.3) is 10.1 Å². The summed E-state index contributed by atoms with van der Waals surface area (Å²) in [5.74, 6) is 0.144. The molecule has 31 heavy (non-hydrogen) atoms. The van der Waals surface area contributed by atoms with Crippen LogP contribution < -0.4 is 4.80 Å². The average Bonchev–Trinajstić information content (AvgIpc) is 3.24. The molecule has 0 spiro atoms. The standard InChI is InChI=1S/C22H15N5O3S/c28-31(29,30)20-14-5-4-12-18(20)22-24-26(17-10-2-1-3-11-17)27(25-22)19-13-6-8-16-9-7-15-23-21(16)19/h1-15H/p+1. The van der Waals surface area contributed by atoms with Gasteiger partial charge in [-0.15, -0.1) is 0 Å². The van der Waals surface area contributed by atoms with E-state index in [1.54, 1.807) is 27.9 Å². The van der Waals surface area contributed by atoms with Crippen molar-refractivity contribution < 1.29 is 17.8 Å². The molecule has 0 atom stereocenters. The van der Waals surface area contributed by atoms with Gasteiger partial charge in [0.2, 0.25) is 5.69 Å². The van der Waals surface area contributed by atoms with Gasteiger partial charge < -0.3 is 0 Å². The minimum absolute atomic E-state index is 0.144. The van der Waals surface area contributed by atoms with Gasteiger partial charge in [-0.05, 0) is 46.3 Å². The Hall–Kier alpha value is -3.95. The summed E-state index contributed by atoms with van der Waals surface area (Å²) >= 11 is 0. The molecule has 9 heteroatoms. The molecule has 0 aliphatic rings. The zero-order chi connectivity index (χ0) is 21.4. The molecule has 2 heterocycles. The maximum Gasteiger partial charge on any atom is 0.341 e. The van der Waals surface area contributed by atoms with Crippen molar-refractivity contribution in [3.8, 4) is 22.8 Å². The van der Waals surface area contributed by atoms with Crippen LogP contribution in [0.3, 0.4) is 0 Å². The van der Waals surface area contributed by atoms with Crippen molar-refractivity contribution in [3.05, 3.63) is 91.1 Å². The third kappa shape index (κ3) is 3.45. The third-order valence-corrected chi connectivity index (χ3v) is 5.69. The Morgan fingerprint density at radius 2 is 1.58 bits per heavy atom. The number of para-hydroxylation sites is 2. The van der Waals surface area contributed by atoms with Crippen LogP contribution in [0.1, 0.15) is 0 Å². The summed E-state index contributed by atoms with van der Waals surface area (Å²) in [6.07, 6.45) is 1.70. The minimum atomic E-state index is -4.46. The quantitative estimate of drug-likeness (QED) is 0.347. The Morgan fingerprint density at radius 3 is 2.39 bits per heavy atom. The van der Waals surface area contributed by atoms with Crippen LogP contribution in [0, 0.1) is 0 Å². The predicted octanol–water partition coefficient (Wildman–Crippen LogP) is 3.01. The normalized spacial score (nSPS) is 11.6. The summed E-state index contributed by atoms with van der Waals surface area (Å²) in [5, 5.41) is 10.1. The van der Waals surface area contributed by atoms with E-state index in [-0.39, 0.29) is 16.3 Å². The Morgan fingerprint density at radius 1 is 0.839 bits per heavy atom. The molecule has 0 fully saturated rings. The Labute approximate surface area is 177 Å². The molecule has 0 saturated carbocycles. The first-order valence-corrected chi connectivity index (χ1v) is 10.8. The molecule has 0 bridgehead atoms. The highest BCUT2D eigenvalue weighted by Crippen LogP contribution is 2.24. The van der Waals surface area contributed by atoms with Gasteiger partial charge in [-0.1, -0.05) is 48.5 Å². The van der Waals surface area contributed by atoms with E-state index in [1.807, 2.05) is 60.7 Å². The summed E-state index contributed by atoms with van der Waals surface area (Å²) in [5.41, 5.74) is 2.30. The molecule has 3 aromatic carbocycles. The monoisotopic (exact) mass is 430 g/mol. The van der Waals surface area contributed by atoms with Crippen molar-refractivity contribution in [1.29, 1.82) is 0 Å². The molecule has 0 saturated heterocycles. The van der Waals surface area contributed by atoms with E-state index in [1.165, 1.54) is 12.1 Å². The van der Waals surface area contributed by atoms with Crippen LogP contribution in [-0.4, -0.2) is 32.9 Å². The van der Waals surface area contributed by atoms with Gasteiger partial charge in [0, 0.05) is 16.4 Å². The van der Waals surface area contributed by atoms with Crippen LogP contribution in [0.4, 0.5) is 0 Å². The fraction of sp³-hybridized carbons (Fsp3) is 0. The van der Waals surface area contributed by atoms with Crippen molar-refractivity contribution in [1.82, 2.24) is 20.0 Å². The molecule has 5 aromatic rings. The average molecular weight is 430 g/mol. The fourth-order valence-electron chi connectivity index (χ4n) is 3.40. The molecule has 1 N–H and O–H groups in total. The number of benzene rings is 3. The fourth-order valence-corrected chi connectivity index (χ4v) is 4.09. The number of hydrogen-bond acceptors (Lipinski definition) is 5. The largest absolute Gasteiger partial charge is 0.341 e. The van der Waals surface area contributed by atoms with Crippen LogP contribution in [0.15, 0.2) is 96.0 Å². The van der Waals surface area contributed by atoms with Crippen molar-refractivity contribution in [2.45, 2.75) is 4.90 Å². The van der Waals surface area contributed by atoms with Gasteiger partial charge in [0.05, 0.1) is 10.7 Å². The van der Waals surface area contributed by atoms with Crippen LogP contribution in [0.25, 0.3) is 33.7 Å². The summed E-state index contributed by atoms with van der Waals surface area (Å²) in [4.78, 5) is 7.37. The molecular formula is C22H16N5O3S+. The van der Waals surface area contributed by atoms with Gasteiger partial charge >= 0.3 is 5.82 Å². The third-order valence-electron chi connectivity index (χ3n) is 4.78. The highest BCUT2D eigenvalue weighted by molar-refractivity contribution is 7.86. The maximum atomic E-state index is 11.9. The van der Waals surface area contributed by atoms with E-state index in [4.69, 9.17) is 0 Å². The summed E-state index contributed by atoms with van der Waals surface area (Å²) in [7, 11) is -4.46. The molecule has 0 aliphatic carbocycles. The van der Waals surface area contributed by atoms with E-state index in [2.05, 4.69) is 15.2 Å². The first kappa shape index (κ1) is 19.0. The lowest BCUT2D eigenvalue weighted by Crippen LogP contribution is -2.43. The Bertz CT molecular complexity index is 1510. The topological polar surface area (TPSA) is 102 Å². The van der Waals surface area contributed by atoms with E-state index < -0.39 is 10.1 Å². The zero-order valence-electron chi connectivity index (χ0n) is 16.1. The first-order chi connectivity index (χ1) is 15.0.